The Morgan fingerprint density at radius 2 is 1.64 bits per heavy atom. The Morgan fingerprint density at radius 1 is 1.00 bits per heavy atom. The van der Waals surface area contributed by atoms with Crippen molar-refractivity contribution in [3.63, 3.8) is 0 Å². The van der Waals surface area contributed by atoms with Crippen molar-refractivity contribution in [3.05, 3.63) is 88.5 Å². The molecule has 0 fully saturated rings. The first kappa shape index (κ1) is 20.5. The van der Waals surface area contributed by atoms with Crippen molar-refractivity contribution in [1.82, 2.24) is 4.72 Å². The standard InChI is InChI=1S/C18H11ClF5NO2S/c19-12-8-10(6-7-13(12)20)18(24)15(9-14(21)16(22)17(18)23)25-28(26,27)11-4-2-1-3-5-11/h1-9,15,25H. The van der Waals surface area contributed by atoms with Crippen LogP contribution in [0.4, 0.5) is 22.0 Å². The van der Waals surface area contributed by atoms with Crippen LogP contribution in [0.1, 0.15) is 5.56 Å². The minimum Gasteiger partial charge on any atom is -0.229 e. The molecular weight excluding hydrogens is 425 g/mol. The first-order valence-electron chi connectivity index (χ1n) is 7.72. The monoisotopic (exact) mass is 435 g/mol. The molecule has 2 unspecified atom stereocenters. The van der Waals surface area contributed by atoms with Crippen LogP contribution in [0.15, 0.2) is 77.0 Å². The molecule has 0 bridgehead atoms. The van der Waals surface area contributed by atoms with Gasteiger partial charge in [0, 0.05) is 0 Å². The van der Waals surface area contributed by atoms with Gasteiger partial charge in [0.1, 0.15) is 5.82 Å². The zero-order valence-corrected chi connectivity index (χ0v) is 15.3. The van der Waals surface area contributed by atoms with Gasteiger partial charge in [-0.2, -0.15) is 0 Å². The van der Waals surface area contributed by atoms with Gasteiger partial charge >= 0.3 is 0 Å². The Labute approximate surface area is 162 Å². The third-order valence-corrected chi connectivity index (χ3v) is 5.89. The highest BCUT2D eigenvalue weighted by molar-refractivity contribution is 7.89. The van der Waals surface area contributed by atoms with Crippen LogP contribution in [0, 0.1) is 5.82 Å². The summed E-state index contributed by atoms with van der Waals surface area (Å²) in [6.07, 6.45) is 0.260. The van der Waals surface area contributed by atoms with Crippen LogP contribution in [0.3, 0.4) is 0 Å². The lowest BCUT2D eigenvalue weighted by Gasteiger charge is -2.34. The second kappa shape index (κ2) is 7.31. The predicted octanol–water partition coefficient (Wildman–Crippen LogP) is 5.01. The maximum Gasteiger partial charge on any atom is 0.241 e. The minimum atomic E-state index is -4.44. The van der Waals surface area contributed by atoms with Gasteiger partial charge < -0.3 is 0 Å². The summed E-state index contributed by atoms with van der Waals surface area (Å²) >= 11 is 5.58. The first-order valence-corrected chi connectivity index (χ1v) is 9.58. The minimum absolute atomic E-state index is 0.260. The number of benzene rings is 2. The highest BCUT2D eigenvalue weighted by atomic mass is 35.5. The molecule has 2 aromatic rings. The van der Waals surface area contributed by atoms with E-state index >= 15 is 4.39 Å². The van der Waals surface area contributed by atoms with Gasteiger partial charge in [-0.05, 0) is 35.9 Å². The van der Waals surface area contributed by atoms with Crippen LogP contribution in [-0.2, 0) is 15.7 Å². The van der Waals surface area contributed by atoms with Gasteiger partial charge in [0.05, 0.1) is 16.0 Å². The molecule has 0 amide bonds. The Kier molecular flexibility index (Phi) is 5.35. The summed E-state index contributed by atoms with van der Waals surface area (Å²) in [5.74, 6) is -7.06. The lowest BCUT2D eigenvalue weighted by atomic mass is 9.83. The van der Waals surface area contributed by atoms with E-state index in [0.29, 0.717) is 12.1 Å². The van der Waals surface area contributed by atoms with Crippen LogP contribution in [0.2, 0.25) is 5.02 Å². The van der Waals surface area contributed by atoms with Gasteiger partial charge in [-0.25, -0.2) is 35.1 Å². The Bertz CT molecular complexity index is 1090. The molecule has 1 N–H and O–H groups in total. The van der Waals surface area contributed by atoms with E-state index in [4.69, 9.17) is 11.6 Å². The van der Waals surface area contributed by atoms with Crippen molar-refractivity contribution in [3.8, 4) is 0 Å². The molecular formula is C18H11ClF5NO2S. The van der Waals surface area contributed by atoms with E-state index < -0.39 is 55.6 Å². The van der Waals surface area contributed by atoms with Crippen LogP contribution in [0.5, 0.6) is 0 Å². The topological polar surface area (TPSA) is 46.2 Å². The summed E-state index contributed by atoms with van der Waals surface area (Å²) < 4.78 is 98.0. The fraction of sp³-hybridized carbons (Fsp3) is 0.111. The molecule has 0 radical (unpaired) electrons. The predicted molar refractivity (Wildman–Crippen MR) is 93.2 cm³/mol. The van der Waals surface area contributed by atoms with Gasteiger partial charge in [-0.3, -0.25) is 0 Å². The molecule has 3 nitrogen and oxygen atoms in total. The number of allylic oxidation sites excluding steroid dienone is 2. The van der Waals surface area contributed by atoms with Gasteiger partial charge in [-0.1, -0.05) is 35.9 Å². The molecule has 0 spiro atoms. The lowest BCUT2D eigenvalue weighted by molar-refractivity contribution is 0.135. The van der Waals surface area contributed by atoms with Crippen molar-refractivity contribution in [2.24, 2.45) is 0 Å². The third kappa shape index (κ3) is 3.45. The molecule has 3 rings (SSSR count). The van der Waals surface area contributed by atoms with Crippen molar-refractivity contribution < 1.29 is 30.4 Å². The van der Waals surface area contributed by atoms with Crippen LogP contribution in [0.25, 0.3) is 0 Å². The molecule has 2 aromatic carbocycles. The zero-order chi connectivity index (χ0) is 20.7. The second-order valence-corrected chi connectivity index (χ2v) is 8.02. The normalized spacial score (nSPS) is 22.9. The molecule has 1 aliphatic carbocycles. The van der Waals surface area contributed by atoms with Crippen LogP contribution in [-0.4, -0.2) is 14.5 Å². The number of rotatable bonds is 4. The van der Waals surface area contributed by atoms with Gasteiger partial charge in [0.2, 0.25) is 15.7 Å². The fourth-order valence-electron chi connectivity index (χ4n) is 2.71. The zero-order valence-electron chi connectivity index (χ0n) is 13.8. The van der Waals surface area contributed by atoms with E-state index in [1.807, 2.05) is 4.72 Å². The van der Waals surface area contributed by atoms with E-state index in [9.17, 15) is 26.0 Å². The molecule has 0 heterocycles. The molecule has 10 heteroatoms. The molecule has 0 aromatic heterocycles. The second-order valence-electron chi connectivity index (χ2n) is 5.90. The number of halogens is 6. The third-order valence-electron chi connectivity index (χ3n) is 4.14. The molecule has 0 aliphatic heterocycles. The highest BCUT2D eigenvalue weighted by Gasteiger charge is 2.51. The molecule has 2 atom stereocenters. The number of hydrogen-bond donors (Lipinski definition) is 1. The Balaban J connectivity index is 2.13. The van der Waals surface area contributed by atoms with E-state index in [-0.39, 0.29) is 11.0 Å². The molecule has 28 heavy (non-hydrogen) atoms. The average Bonchev–Trinajstić information content (AvgIpc) is 2.67. The SMILES string of the molecule is O=S(=O)(NC1C=C(F)C(F)=C(F)C1(F)c1ccc(F)c(Cl)c1)c1ccccc1. The number of nitrogens with one attached hydrogen (secondary N) is 1. The molecule has 148 valence electrons. The Morgan fingerprint density at radius 3 is 2.25 bits per heavy atom. The molecule has 0 saturated carbocycles. The number of hydrogen-bond acceptors (Lipinski definition) is 2. The Hall–Kier alpha value is -2.23. The molecule has 0 saturated heterocycles. The van der Waals surface area contributed by atoms with E-state index in [1.54, 1.807) is 0 Å². The van der Waals surface area contributed by atoms with Crippen LogP contribution >= 0.6 is 11.6 Å². The number of alkyl halides is 1. The smallest absolute Gasteiger partial charge is 0.229 e. The van der Waals surface area contributed by atoms with Crippen molar-refractivity contribution in [1.29, 1.82) is 0 Å². The van der Waals surface area contributed by atoms with E-state index in [2.05, 4.69) is 0 Å². The summed E-state index contributed by atoms with van der Waals surface area (Å²) in [7, 11) is -4.44. The number of sulfonamides is 1. The van der Waals surface area contributed by atoms with Gasteiger partial charge in [0.25, 0.3) is 0 Å². The van der Waals surface area contributed by atoms with Crippen LogP contribution < -0.4 is 4.72 Å². The quantitative estimate of drug-likeness (QED) is 0.686. The van der Waals surface area contributed by atoms with Crippen molar-refractivity contribution >= 4 is 21.6 Å². The maximum atomic E-state index is 15.8. The largest absolute Gasteiger partial charge is 0.241 e. The average molecular weight is 436 g/mol. The van der Waals surface area contributed by atoms with Gasteiger partial charge in [-0.15, -0.1) is 0 Å². The van der Waals surface area contributed by atoms with Gasteiger partial charge in [0.15, 0.2) is 17.5 Å². The van der Waals surface area contributed by atoms with Crippen molar-refractivity contribution in [2.75, 3.05) is 0 Å². The summed E-state index contributed by atoms with van der Waals surface area (Å²) in [5, 5.41) is -0.609. The molecule has 1 aliphatic rings. The first-order chi connectivity index (χ1) is 13.1. The van der Waals surface area contributed by atoms with Crippen molar-refractivity contribution in [2.45, 2.75) is 16.6 Å². The summed E-state index contributed by atoms with van der Waals surface area (Å²) in [5.41, 5.74) is -4.20. The van der Waals surface area contributed by atoms with E-state index in [1.165, 1.54) is 30.3 Å². The summed E-state index contributed by atoms with van der Waals surface area (Å²) in [6.45, 7) is 0. The lowest BCUT2D eigenvalue weighted by Crippen LogP contribution is -2.49. The summed E-state index contributed by atoms with van der Waals surface area (Å²) in [6, 6.07) is 6.55. The maximum absolute atomic E-state index is 15.8. The summed E-state index contributed by atoms with van der Waals surface area (Å²) in [4.78, 5) is -0.307. The highest BCUT2D eigenvalue weighted by Crippen LogP contribution is 2.46. The fourth-order valence-corrected chi connectivity index (χ4v) is 4.11. The van der Waals surface area contributed by atoms with E-state index in [0.717, 1.165) is 6.07 Å².